The maximum Gasteiger partial charge on any atom is 0.309 e. The minimum Gasteiger partial charge on any atom is -0.481 e. The summed E-state index contributed by atoms with van der Waals surface area (Å²) in [6, 6.07) is 9.66. The van der Waals surface area contributed by atoms with Crippen LogP contribution in [0.3, 0.4) is 0 Å². The van der Waals surface area contributed by atoms with Gasteiger partial charge in [-0.3, -0.25) is 9.20 Å². The highest BCUT2D eigenvalue weighted by Gasteiger charge is 2.16. The quantitative estimate of drug-likeness (QED) is 0.785. The molecule has 0 atom stereocenters. The molecular formula is C13H10N2O2S. The van der Waals surface area contributed by atoms with Crippen molar-refractivity contribution in [2.45, 2.75) is 6.42 Å². The fraction of sp³-hybridized carbons (Fsp3) is 0.0769. The Balaban J connectivity index is 2.21. The lowest BCUT2D eigenvalue weighted by Gasteiger charge is -2.01. The molecule has 18 heavy (non-hydrogen) atoms. The van der Waals surface area contributed by atoms with Crippen LogP contribution in [0.25, 0.3) is 16.2 Å². The van der Waals surface area contributed by atoms with E-state index >= 15 is 0 Å². The van der Waals surface area contributed by atoms with Crippen molar-refractivity contribution in [2.24, 2.45) is 0 Å². The normalized spacial score (nSPS) is 10.9. The predicted octanol–water partition coefficient (Wildman–Crippen LogP) is 2.69. The van der Waals surface area contributed by atoms with Crippen molar-refractivity contribution in [3.05, 3.63) is 47.6 Å². The number of rotatable bonds is 3. The van der Waals surface area contributed by atoms with Crippen LogP contribution in [0.15, 0.2) is 41.9 Å². The standard InChI is InChI=1S/C13H10N2O2S/c16-11(17)8-10-12(9-4-2-1-3-5-9)14-13-15(10)6-7-18-13/h1-7H,8H2,(H,16,17). The van der Waals surface area contributed by atoms with Gasteiger partial charge in [0.1, 0.15) is 0 Å². The number of aliphatic carboxylic acids is 1. The van der Waals surface area contributed by atoms with Gasteiger partial charge in [0.2, 0.25) is 0 Å². The summed E-state index contributed by atoms with van der Waals surface area (Å²) >= 11 is 1.50. The molecule has 0 spiro atoms. The molecular weight excluding hydrogens is 248 g/mol. The number of hydrogen-bond donors (Lipinski definition) is 1. The summed E-state index contributed by atoms with van der Waals surface area (Å²) in [5.41, 5.74) is 2.43. The van der Waals surface area contributed by atoms with Crippen LogP contribution in [0.1, 0.15) is 5.69 Å². The van der Waals surface area contributed by atoms with Crippen LogP contribution in [0.4, 0.5) is 0 Å². The summed E-state index contributed by atoms with van der Waals surface area (Å²) in [4.78, 5) is 16.3. The molecule has 0 aliphatic rings. The van der Waals surface area contributed by atoms with E-state index in [4.69, 9.17) is 5.11 Å². The second-order valence-corrected chi connectivity index (χ2v) is 4.77. The molecule has 0 amide bonds. The Kier molecular flexibility index (Phi) is 2.60. The molecule has 90 valence electrons. The third-order valence-corrected chi connectivity index (χ3v) is 3.48. The average molecular weight is 258 g/mol. The molecule has 3 aromatic rings. The van der Waals surface area contributed by atoms with Crippen LogP contribution >= 0.6 is 11.3 Å². The van der Waals surface area contributed by atoms with Gasteiger partial charge in [-0.25, -0.2) is 4.98 Å². The van der Waals surface area contributed by atoms with Crippen molar-refractivity contribution >= 4 is 22.3 Å². The summed E-state index contributed by atoms with van der Waals surface area (Å²) in [6.07, 6.45) is 1.83. The number of hydrogen-bond acceptors (Lipinski definition) is 3. The molecule has 0 aliphatic heterocycles. The van der Waals surface area contributed by atoms with Gasteiger partial charge in [0.05, 0.1) is 17.8 Å². The van der Waals surface area contributed by atoms with E-state index in [2.05, 4.69) is 4.98 Å². The number of fused-ring (bicyclic) bond motifs is 1. The molecule has 5 heteroatoms. The van der Waals surface area contributed by atoms with Crippen molar-refractivity contribution in [3.63, 3.8) is 0 Å². The van der Waals surface area contributed by atoms with Crippen LogP contribution < -0.4 is 0 Å². The zero-order valence-corrected chi connectivity index (χ0v) is 10.2. The van der Waals surface area contributed by atoms with Gasteiger partial charge in [-0.05, 0) is 0 Å². The predicted molar refractivity (Wildman–Crippen MR) is 69.8 cm³/mol. The van der Waals surface area contributed by atoms with Gasteiger partial charge in [-0.2, -0.15) is 0 Å². The summed E-state index contributed by atoms with van der Waals surface area (Å²) in [6.45, 7) is 0. The van der Waals surface area contributed by atoms with Crippen LogP contribution in [-0.4, -0.2) is 20.5 Å². The molecule has 1 N–H and O–H groups in total. The molecule has 0 fully saturated rings. The molecule has 3 rings (SSSR count). The highest BCUT2D eigenvalue weighted by molar-refractivity contribution is 7.15. The number of nitrogens with zero attached hydrogens (tertiary/aromatic N) is 2. The molecule has 0 unspecified atom stereocenters. The highest BCUT2D eigenvalue weighted by Crippen LogP contribution is 2.26. The van der Waals surface area contributed by atoms with Crippen LogP contribution in [-0.2, 0) is 11.2 Å². The maximum absolute atomic E-state index is 11.0. The largest absolute Gasteiger partial charge is 0.481 e. The van der Waals surface area contributed by atoms with Crippen LogP contribution in [0.5, 0.6) is 0 Å². The molecule has 1 aromatic carbocycles. The minimum atomic E-state index is -0.847. The Bertz CT molecular complexity index is 700. The first-order chi connectivity index (χ1) is 8.75. The van der Waals surface area contributed by atoms with Gasteiger partial charge in [0.15, 0.2) is 4.96 Å². The maximum atomic E-state index is 11.0. The first-order valence-electron chi connectivity index (χ1n) is 5.47. The Morgan fingerprint density at radius 3 is 2.83 bits per heavy atom. The molecule has 2 aromatic heterocycles. The topological polar surface area (TPSA) is 54.6 Å². The van der Waals surface area contributed by atoms with Gasteiger partial charge in [0.25, 0.3) is 0 Å². The second-order valence-electron chi connectivity index (χ2n) is 3.90. The lowest BCUT2D eigenvalue weighted by molar-refractivity contribution is -0.136. The van der Waals surface area contributed by atoms with E-state index in [-0.39, 0.29) is 6.42 Å². The lowest BCUT2D eigenvalue weighted by Crippen LogP contribution is -2.03. The summed E-state index contributed by atoms with van der Waals surface area (Å²) in [7, 11) is 0. The highest BCUT2D eigenvalue weighted by atomic mass is 32.1. The smallest absolute Gasteiger partial charge is 0.309 e. The summed E-state index contributed by atoms with van der Waals surface area (Å²) in [5.74, 6) is -0.847. The fourth-order valence-corrected chi connectivity index (χ4v) is 2.70. The first kappa shape index (κ1) is 11.0. The Hall–Kier alpha value is -2.14. The van der Waals surface area contributed by atoms with Gasteiger partial charge in [-0.15, -0.1) is 11.3 Å². The summed E-state index contributed by atoms with van der Waals surface area (Å²) in [5, 5.41) is 10.9. The molecule has 0 saturated carbocycles. The molecule has 0 bridgehead atoms. The van der Waals surface area contributed by atoms with Crippen molar-refractivity contribution in [3.8, 4) is 11.3 Å². The van der Waals surface area contributed by atoms with Crippen molar-refractivity contribution in [1.29, 1.82) is 0 Å². The number of imidazole rings is 1. The van der Waals surface area contributed by atoms with E-state index in [9.17, 15) is 4.79 Å². The van der Waals surface area contributed by atoms with E-state index < -0.39 is 5.97 Å². The zero-order valence-electron chi connectivity index (χ0n) is 9.41. The fourth-order valence-electron chi connectivity index (χ4n) is 1.97. The molecule has 2 heterocycles. The SMILES string of the molecule is O=C(O)Cc1c(-c2ccccc2)nc2sccn12. The van der Waals surface area contributed by atoms with Crippen molar-refractivity contribution in [1.82, 2.24) is 9.38 Å². The van der Waals surface area contributed by atoms with Gasteiger partial charge in [0, 0.05) is 17.1 Å². The molecule has 4 nitrogen and oxygen atoms in total. The van der Waals surface area contributed by atoms with E-state index in [1.807, 2.05) is 46.3 Å². The van der Waals surface area contributed by atoms with Gasteiger partial charge in [-0.1, -0.05) is 30.3 Å². The van der Waals surface area contributed by atoms with Crippen LogP contribution in [0.2, 0.25) is 0 Å². The molecule has 0 aliphatic carbocycles. The number of carboxylic acids is 1. The number of carbonyl (C=O) groups is 1. The Morgan fingerprint density at radius 1 is 1.33 bits per heavy atom. The third kappa shape index (κ3) is 1.78. The second kappa shape index (κ2) is 4.27. The number of aromatic nitrogens is 2. The average Bonchev–Trinajstić information content (AvgIpc) is 2.93. The van der Waals surface area contributed by atoms with E-state index in [0.717, 1.165) is 21.9 Å². The lowest BCUT2D eigenvalue weighted by atomic mass is 10.1. The van der Waals surface area contributed by atoms with Crippen molar-refractivity contribution < 1.29 is 9.90 Å². The zero-order chi connectivity index (χ0) is 12.5. The van der Waals surface area contributed by atoms with E-state index in [0.29, 0.717) is 0 Å². The molecule has 0 saturated heterocycles. The molecule has 0 radical (unpaired) electrons. The minimum absolute atomic E-state index is 0.0257. The number of benzene rings is 1. The number of carboxylic acid groups (broad SMARTS) is 1. The number of thiazole rings is 1. The van der Waals surface area contributed by atoms with E-state index in [1.165, 1.54) is 11.3 Å². The Morgan fingerprint density at radius 2 is 2.11 bits per heavy atom. The van der Waals surface area contributed by atoms with Gasteiger partial charge >= 0.3 is 5.97 Å². The third-order valence-electron chi connectivity index (χ3n) is 2.73. The monoisotopic (exact) mass is 258 g/mol. The van der Waals surface area contributed by atoms with Crippen molar-refractivity contribution in [2.75, 3.05) is 0 Å². The van der Waals surface area contributed by atoms with Crippen LogP contribution in [0, 0.1) is 0 Å². The van der Waals surface area contributed by atoms with E-state index in [1.54, 1.807) is 0 Å². The summed E-state index contributed by atoms with van der Waals surface area (Å²) < 4.78 is 1.85. The first-order valence-corrected chi connectivity index (χ1v) is 6.35. The van der Waals surface area contributed by atoms with Gasteiger partial charge < -0.3 is 5.11 Å². The Labute approximate surface area is 107 Å².